The highest BCUT2D eigenvalue weighted by atomic mass is 79.9. The molecule has 7 heteroatoms. The predicted molar refractivity (Wildman–Crippen MR) is 73.8 cm³/mol. The molecule has 0 unspecified atom stereocenters. The number of benzene rings is 1. The van der Waals surface area contributed by atoms with Crippen LogP contribution >= 0.6 is 15.9 Å². The van der Waals surface area contributed by atoms with Crippen LogP contribution in [0, 0.1) is 0 Å². The monoisotopic (exact) mass is 309 g/mol. The number of nitrogens with one attached hydrogen (secondary N) is 2. The van der Waals surface area contributed by atoms with E-state index in [1.807, 2.05) is 18.2 Å². The summed E-state index contributed by atoms with van der Waals surface area (Å²) in [6.45, 7) is 0. The standard InChI is InChI=1S/C11H12BrN5O/c1-18-7-2-3-8(12)9(4-7)15-10-5-14-6-11(16-10)17-13/h2-6H,13H2,1H3,(H2,15,16,17). The topological polar surface area (TPSA) is 85.1 Å². The number of rotatable bonds is 4. The molecule has 2 aromatic rings. The highest BCUT2D eigenvalue weighted by Gasteiger charge is 2.04. The van der Waals surface area contributed by atoms with E-state index in [4.69, 9.17) is 10.6 Å². The summed E-state index contributed by atoms with van der Waals surface area (Å²) in [6.07, 6.45) is 3.14. The molecule has 0 fully saturated rings. The lowest BCUT2D eigenvalue weighted by Gasteiger charge is -2.10. The number of hydrazine groups is 1. The fourth-order valence-electron chi connectivity index (χ4n) is 1.36. The number of nitrogens with zero attached hydrogens (tertiary/aromatic N) is 2. The molecule has 0 aliphatic rings. The molecule has 0 aliphatic heterocycles. The summed E-state index contributed by atoms with van der Waals surface area (Å²) in [5.74, 6) is 7.10. The number of aromatic nitrogens is 2. The Morgan fingerprint density at radius 3 is 2.78 bits per heavy atom. The summed E-state index contributed by atoms with van der Waals surface area (Å²) in [4.78, 5) is 8.22. The van der Waals surface area contributed by atoms with E-state index in [9.17, 15) is 0 Å². The average Bonchev–Trinajstić information content (AvgIpc) is 2.41. The second kappa shape index (κ2) is 5.65. The molecule has 0 saturated carbocycles. The summed E-state index contributed by atoms with van der Waals surface area (Å²) in [6, 6.07) is 5.60. The third-order valence-corrected chi connectivity index (χ3v) is 2.91. The van der Waals surface area contributed by atoms with Crippen molar-refractivity contribution in [2.45, 2.75) is 0 Å². The minimum atomic E-state index is 0.485. The molecule has 0 saturated heterocycles. The maximum absolute atomic E-state index is 5.28. The number of hydrogen-bond donors (Lipinski definition) is 3. The molecule has 0 atom stereocenters. The molecule has 0 spiro atoms. The third-order valence-electron chi connectivity index (χ3n) is 2.22. The molecular formula is C11H12BrN5O. The van der Waals surface area contributed by atoms with Gasteiger partial charge in [-0.1, -0.05) is 0 Å². The van der Waals surface area contributed by atoms with E-state index >= 15 is 0 Å². The van der Waals surface area contributed by atoms with Crippen molar-refractivity contribution in [3.05, 3.63) is 35.1 Å². The summed E-state index contributed by atoms with van der Waals surface area (Å²) in [5, 5.41) is 3.13. The van der Waals surface area contributed by atoms with Crippen molar-refractivity contribution in [1.82, 2.24) is 9.97 Å². The first-order chi connectivity index (χ1) is 8.72. The number of nitrogens with two attached hydrogens (primary N) is 1. The van der Waals surface area contributed by atoms with Crippen LogP contribution in [0.15, 0.2) is 35.1 Å². The number of hydrogen-bond acceptors (Lipinski definition) is 6. The number of ether oxygens (including phenoxy) is 1. The Labute approximate surface area is 113 Å². The van der Waals surface area contributed by atoms with Crippen LogP contribution in [0.1, 0.15) is 0 Å². The van der Waals surface area contributed by atoms with E-state index in [0.29, 0.717) is 11.6 Å². The van der Waals surface area contributed by atoms with E-state index in [2.05, 4.69) is 36.6 Å². The predicted octanol–water partition coefficient (Wildman–Crippen LogP) is 2.28. The zero-order valence-electron chi connectivity index (χ0n) is 9.64. The maximum Gasteiger partial charge on any atom is 0.160 e. The Bertz CT molecular complexity index is 549. The molecule has 2 rings (SSSR count). The number of nitrogen functional groups attached to an aromatic ring is 1. The van der Waals surface area contributed by atoms with Crippen LogP contribution in [-0.4, -0.2) is 17.1 Å². The van der Waals surface area contributed by atoms with Gasteiger partial charge in [0.2, 0.25) is 0 Å². The van der Waals surface area contributed by atoms with Gasteiger partial charge in [0.15, 0.2) is 11.6 Å². The van der Waals surface area contributed by atoms with Gasteiger partial charge in [-0.15, -0.1) is 0 Å². The number of methoxy groups -OCH3 is 1. The van der Waals surface area contributed by atoms with Crippen LogP contribution in [0.5, 0.6) is 5.75 Å². The molecule has 0 amide bonds. The molecular weight excluding hydrogens is 298 g/mol. The van der Waals surface area contributed by atoms with Gasteiger partial charge in [0.25, 0.3) is 0 Å². The smallest absolute Gasteiger partial charge is 0.160 e. The van der Waals surface area contributed by atoms with Gasteiger partial charge in [-0.05, 0) is 28.1 Å². The summed E-state index contributed by atoms with van der Waals surface area (Å²) in [7, 11) is 1.62. The lowest BCUT2D eigenvalue weighted by atomic mass is 10.3. The van der Waals surface area contributed by atoms with Crippen molar-refractivity contribution < 1.29 is 4.74 Å². The van der Waals surface area contributed by atoms with E-state index < -0.39 is 0 Å². The highest BCUT2D eigenvalue weighted by Crippen LogP contribution is 2.29. The van der Waals surface area contributed by atoms with Gasteiger partial charge in [-0.25, -0.2) is 10.8 Å². The maximum atomic E-state index is 5.28. The molecule has 0 bridgehead atoms. The minimum absolute atomic E-state index is 0.485. The minimum Gasteiger partial charge on any atom is -0.497 e. The lowest BCUT2D eigenvalue weighted by Crippen LogP contribution is -2.09. The molecule has 18 heavy (non-hydrogen) atoms. The lowest BCUT2D eigenvalue weighted by molar-refractivity contribution is 0.415. The van der Waals surface area contributed by atoms with Gasteiger partial charge < -0.3 is 15.5 Å². The van der Waals surface area contributed by atoms with Gasteiger partial charge in [0.1, 0.15) is 5.75 Å². The van der Waals surface area contributed by atoms with Gasteiger partial charge in [-0.2, -0.15) is 0 Å². The van der Waals surface area contributed by atoms with Crippen molar-refractivity contribution in [3.8, 4) is 5.75 Å². The van der Waals surface area contributed by atoms with Crippen LogP contribution in [0.4, 0.5) is 17.3 Å². The Morgan fingerprint density at radius 2 is 2.06 bits per heavy atom. The number of halogens is 1. The van der Waals surface area contributed by atoms with Crippen molar-refractivity contribution in [2.75, 3.05) is 17.9 Å². The van der Waals surface area contributed by atoms with Crippen molar-refractivity contribution in [3.63, 3.8) is 0 Å². The zero-order chi connectivity index (χ0) is 13.0. The van der Waals surface area contributed by atoms with Crippen LogP contribution in [-0.2, 0) is 0 Å². The molecule has 1 aromatic heterocycles. The average molecular weight is 310 g/mol. The third kappa shape index (κ3) is 2.88. The molecule has 94 valence electrons. The Hall–Kier alpha value is -1.86. The quantitative estimate of drug-likeness (QED) is 0.593. The largest absolute Gasteiger partial charge is 0.497 e. The van der Waals surface area contributed by atoms with Crippen LogP contribution in [0.2, 0.25) is 0 Å². The summed E-state index contributed by atoms with van der Waals surface area (Å²) in [5.41, 5.74) is 3.27. The van der Waals surface area contributed by atoms with Crippen LogP contribution in [0.25, 0.3) is 0 Å². The Morgan fingerprint density at radius 1 is 1.28 bits per heavy atom. The summed E-state index contributed by atoms with van der Waals surface area (Å²) >= 11 is 3.45. The van der Waals surface area contributed by atoms with E-state index in [1.165, 1.54) is 6.20 Å². The first kappa shape index (κ1) is 12.6. The van der Waals surface area contributed by atoms with Gasteiger partial charge >= 0.3 is 0 Å². The zero-order valence-corrected chi connectivity index (χ0v) is 11.2. The fraction of sp³-hybridized carbons (Fsp3) is 0.0909. The molecule has 0 aliphatic carbocycles. The summed E-state index contributed by atoms with van der Waals surface area (Å²) < 4.78 is 6.06. The normalized spacial score (nSPS) is 9.94. The van der Waals surface area contributed by atoms with Crippen molar-refractivity contribution in [1.29, 1.82) is 0 Å². The molecule has 1 aromatic carbocycles. The Kier molecular flexibility index (Phi) is 3.96. The SMILES string of the molecule is COc1ccc(Br)c(Nc2cncc(NN)n2)c1. The first-order valence-electron chi connectivity index (χ1n) is 5.12. The molecule has 4 N–H and O–H groups in total. The van der Waals surface area contributed by atoms with Crippen molar-refractivity contribution >= 4 is 33.3 Å². The fourth-order valence-corrected chi connectivity index (χ4v) is 1.71. The van der Waals surface area contributed by atoms with Gasteiger partial charge in [0, 0.05) is 10.5 Å². The Balaban J connectivity index is 2.27. The molecule has 6 nitrogen and oxygen atoms in total. The molecule has 1 heterocycles. The van der Waals surface area contributed by atoms with E-state index in [1.54, 1.807) is 13.3 Å². The second-order valence-electron chi connectivity index (χ2n) is 3.40. The van der Waals surface area contributed by atoms with Crippen molar-refractivity contribution in [2.24, 2.45) is 5.84 Å². The van der Waals surface area contributed by atoms with Crippen LogP contribution < -0.4 is 21.3 Å². The van der Waals surface area contributed by atoms with Gasteiger partial charge in [-0.3, -0.25) is 4.98 Å². The molecule has 0 radical (unpaired) electrons. The van der Waals surface area contributed by atoms with E-state index in [-0.39, 0.29) is 0 Å². The second-order valence-corrected chi connectivity index (χ2v) is 4.26. The van der Waals surface area contributed by atoms with Crippen LogP contribution in [0.3, 0.4) is 0 Å². The first-order valence-corrected chi connectivity index (χ1v) is 5.91. The highest BCUT2D eigenvalue weighted by molar-refractivity contribution is 9.10. The van der Waals surface area contributed by atoms with Gasteiger partial charge in [0.05, 0.1) is 25.2 Å². The van der Waals surface area contributed by atoms with E-state index in [0.717, 1.165) is 15.9 Å². The number of anilines is 3.